The van der Waals surface area contributed by atoms with Gasteiger partial charge in [0.25, 0.3) is 0 Å². The molecule has 0 aromatic heterocycles. The van der Waals surface area contributed by atoms with E-state index in [1.54, 1.807) is 0 Å². The third-order valence-corrected chi connectivity index (χ3v) is 3.28. The van der Waals surface area contributed by atoms with Gasteiger partial charge in [-0.2, -0.15) is 0 Å². The Morgan fingerprint density at radius 3 is 2.33 bits per heavy atom. The Bertz CT molecular complexity index is 362. The Morgan fingerprint density at radius 2 is 1.83 bits per heavy atom. The molecule has 3 N–H and O–H groups in total. The lowest BCUT2D eigenvalue weighted by Gasteiger charge is -2.22. The lowest BCUT2D eigenvalue weighted by Crippen LogP contribution is -2.36. The smallest absolute Gasteiger partial charge is 0.223 e. The van der Waals surface area contributed by atoms with Gasteiger partial charge < -0.3 is 11.1 Å². The molecule has 1 rings (SSSR count). The maximum atomic E-state index is 12.2. The van der Waals surface area contributed by atoms with E-state index in [9.17, 15) is 4.79 Å². The van der Waals surface area contributed by atoms with Gasteiger partial charge in [-0.25, -0.2) is 0 Å². The lowest BCUT2D eigenvalue weighted by molar-refractivity contribution is -0.127. The van der Waals surface area contributed by atoms with Crippen molar-refractivity contribution in [1.82, 2.24) is 5.32 Å². The van der Waals surface area contributed by atoms with E-state index in [1.807, 2.05) is 37.3 Å². The highest BCUT2D eigenvalue weighted by Crippen LogP contribution is 2.18. The van der Waals surface area contributed by atoms with Crippen LogP contribution in [0.4, 0.5) is 0 Å². The molecule has 0 saturated carbocycles. The van der Waals surface area contributed by atoms with Crippen LogP contribution in [0.2, 0.25) is 0 Å². The molecule has 2 unspecified atom stereocenters. The van der Waals surface area contributed by atoms with E-state index in [2.05, 4.69) is 19.2 Å². The molecule has 0 fully saturated rings. The number of nitrogens with two attached hydrogens (primary N) is 1. The zero-order valence-corrected chi connectivity index (χ0v) is 11.5. The zero-order chi connectivity index (χ0) is 13.5. The van der Waals surface area contributed by atoms with Gasteiger partial charge in [0.2, 0.25) is 5.91 Å². The second-order valence-electron chi connectivity index (χ2n) is 5.07. The van der Waals surface area contributed by atoms with Crippen molar-refractivity contribution >= 4 is 5.91 Å². The minimum Gasteiger partial charge on any atom is -0.349 e. The van der Waals surface area contributed by atoms with Gasteiger partial charge in [0.05, 0.1) is 6.04 Å². The molecule has 3 nitrogen and oxygen atoms in total. The number of rotatable bonds is 6. The molecule has 0 aliphatic rings. The van der Waals surface area contributed by atoms with Crippen LogP contribution < -0.4 is 11.1 Å². The molecule has 1 aromatic rings. The summed E-state index contributed by atoms with van der Waals surface area (Å²) in [5.41, 5.74) is 6.69. The maximum absolute atomic E-state index is 12.2. The summed E-state index contributed by atoms with van der Waals surface area (Å²) in [6, 6.07) is 10.0. The first-order chi connectivity index (χ1) is 8.56. The van der Waals surface area contributed by atoms with Crippen LogP contribution >= 0.6 is 0 Å². The van der Waals surface area contributed by atoms with Gasteiger partial charge in [0.15, 0.2) is 0 Å². The first-order valence-corrected chi connectivity index (χ1v) is 6.61. The van der Waals surface area contributed by atoms with Crippen molar-refractivity contribution in [3.05, 3.63) is 35.9 Å². The Kier molecular flexibility index (Phi) is 5.86. The van der Waals surface area contributed by atoms with Crippen LogP contribution in [0.1, 0.15) is 38.8 Å². The van der Waals surface area contributed by atoms with E-state index >= 15 is 0 Å². The monoisotopic (exact) mass is 248 g/mol. The van der Waals surface area contributed by atoms with Crippen molar-refractivity contribution in [3.8, 4) is 0 Å². The molecule has 1 amide bonds. The normalized spacial score (nSPS) is 14.3. The average molecular weight is 248 g/mol. The van der Waals surface area contributed by atoms with Crippen molar-refractivity contribution in [2.45, 2.75) is 33.2 Å². The quantitative estimate of drug-likeness (QED) is 0.812. The van der Waals surface area contributed by atoms with Crippen molar-refractivity contribution in [2.75, 3.05) is 6.54 Å². The summed E-state index contributed by atoms with van der Waals surface area (Å²) in [6.07, 6.45) is 0.741. The number of amides is 1. The summed E-state index contributed by atoms with van der Waals surface area (Å²) in [4.78, 5) is 12.2. The molecule has 3 heteroatoms. The Labute approximate surface area is 110 Å². The summed E-state index contributed by atoms with van der Waals surface area (Å²) in [5.74, 6) is 0.421. The van der Waals surface area contributed by atoms with Crippen molar-refractivity contribution in [3.63, 3.8) is 0 Å². The van der Waals surface area contributed by atoms with Crippen molar-refractivity contribution in [1.29, 1.82) is 0 Å². The molecule has 0 spiro atoms. The topological polar surface area (TPSA) is 55.1 Å². The summed E-state index contributed by atoms with van der Waals surface area (Å²) in [5, 5.41) is 3.07. The van der Waals surface area contributed by atoms with Crippen LogP contribution in [0.5, 0.6) is 0 Å². The molecule has 18 heavy (non-hydrogen) atoms. The molecule has 2 atom stereocenters. The van der Waals surface area contributed by atoms with E-state index in [1.165, 1.54) is 0 Å². The lowest BCUT2D eigenvalue weighted by atomic mass is 9.91. The van der Waals surface area contributed by atoms with Crippen LogP contribution in [0.15, 0.2) is 30.3 Å². The molecule has 0 bridgehead atoms. The van der Waals surface area contributed by atoms with Crippen molar-refractivity contribution < 1.29 is 4.79 Å². The van der Waals surface area contributed by atoms with Gasteiger partial charge >= 0.3 is 0 Å². The minimum atomic E-state index is 0.00108. The highest BCUT2D eigenvalue weighted by molar-refractivity contribution is 5.79. The molecule has 100 valence electrons. The molecular weight excluding hydrogens is 224 g/mol. The number of benzene rings is 1. The van der Waals surface area contributed by atoms with E-state index in [0.29, 0.717) is 12.5 Å². The highest BCUT2D eigenvalue weighted by atomic mass is 16.1. The van der Waals surface area contributed by atoms with E-state index in [0.717, 1.165) is 12.0 Å². The molecule has 0 aliphatic heterocycles. The molecule has 0 heterocycles. The standard InChI is InChI=1S/C15H24N2O/c1-11(2)14(9-10-16)15(18)17-12(3)13-7-5-4-6-8-13/h4-8,11-12,14H,9-10,16H2,1-3H3,(H,17,18). The first-order valence-electron chi connectivity index (χ1n) is 6.61. The van der Waals surface area contributed by atoms with Crippen LogP contribution in [0.3, 0.4) is 0 Å². The fourth-order valence-electron chi connectivity index (χ4n) is 2.09. The molecule has 0 aliphatic carbocycles. The SMILES string of the molecule is CC(NC(=O)C(CCN)C(C)C)c1ccccc1. The fraction of sp³-hybridized carbons (Fsp3) is 0.533. The second-order valence-corrected chi connectivity index (χ2v) is 5.07. The molecule has 1 aromatic carbocycles. The highest BCUT2D eigenvalue weighted by Gasteiger charge is 2.22. The molecule has 0 saturated heterocycles. The van der Waals surface area contributed by atoms with Gasteiger partial charge in [-0.1, -0.05) is 44.2 Å². The van der Waals surface area contributed by atoms with Gasteiger partial charge in [0, 0.05) is 5.92 Å². The maximum Gasteiger partial charge on any atom is 0.223 e. The zero-order valence-electron chi connectivity index (χ0n) is 11.5. The van der Waals surface area contributed by atoms with Crippen molar-refractivity contribution in [2.24, 2.45) is 17.6 Å². The minimum absolute atomic E-state index is 0.00108. The Hall–Kier alpha value is -1.35. The van der Waals surface area contributed by atoms with E-state index < -0.39 is 0 Å². The third-order valence-electron chi connectivity index (χ3n) is 3.28. The average Bonchev–Trinajstić information content (AvgIpc) is 2.36. The fourth-order valence-corrected chi connectivity index (χ4v) is 2.09. The second kappa shape index (κ2) is 7.17. The predicted molar refractivity (Wildman–Crippen MR) is 75.0 cm³/mol. The van der Waals surface area contributed by atoms with Gasteiger partial charge in [-0.15, -0.1) is 0 Å². The predicted octanol–water partition coefficient (Wildman–Crippen LogP) is 2.48. The summed E-state index contributed by atoms with van der Waals surface area (Å²) in [7, 11) is 0. The van der Waals surface area contributed by atoms with E-state index in [-0.39, 0.29) is 17.9 Å². The number of carbonyl (C=O) groups is 1. The first kappa shape index (κ1) is 14.7. The molecular formula is C15H24N2O. The number of hydrogen-bond donors (Lipinski definition) is 2. The number of carbonyl (C=O) groups excluding carboxylic acids is 1. The van der Waals surface area contributed by atoms with Crippen LogP contribution in [0, 0.1) is 11.8 Å². The number of hydrogen-bond acceptors (Lipinski definition) is 2. The van der Waals surface area contributed by atoms with Crippen LogP contribution in [-0.4, -0.2) is 12.5 Å². The van der Waals surface area contributed by atoms with E-state index in [4.69, 9.17) is 5.73 Å². The summed E-state index contributed by atoms with van der Waals surface area (Å²) in [6.45, 7) is 6.68. The van der Waals surface area contributed by atoms with Gasteiger partial charge in [0.1, 0.15) is 0 Å². The Balaban J connectivity index is 2.63. The Morgan fingerprint density at radius 1 is 1.22 bits per heavy atom. The van der Waals surface area contributed by atoms with Crippen LogP contribution in [0.25, 0.3) is 0 Å². The molecule has 0 radical (unpaired) electrons. The van der Waals surface area contributed by atoms with Gasteiger partial charge in [-0.05, 0) is 31.4 Å². The summed E-state index contributed by atoms with van der Waals surface area (Å²) < 4.78 is 0. The summed E-state index contributed by atoms with van der Waals surface area (Å²) >= 11 is 0. The third kappa shape index (κ3) is 4.15. The number of nitrogens with one attached hydrogen (secondary N) is 1. The largest absolute Gasteiger partial charge is 0.349 e. The van der Waals surface area contributed by atoms with Gasteiger partial charge in [-0.3, -0.25) is 4.79 Å². The van der Waals surface area contributed by atoms with Crippen LogP contribution in [-0.2, 0) is 4.79 Å².